The lowest BCUT2D eigenvalue weighted by molar-refractivity contribution is -0.147. The van der Waals surface area contributed by atoms with Gasteiger partial charge in [-0.05, 0) is 37.5 Å². The first-order valence-corrected chi connectivity index (χ1v) is 11.7. The Balaban J connectivity index is 1.96. The summed E-state index contributed by atoms with van der Waals surface area (Å²) in [6.45, 7) is 2.80. The summed E-state index contributed by atoms with van der Waals surface area (Å²) in [6.07, 6.45) is 1.40. The lowest BCUT2D eigenvalue weighted by Crippen LogP contribution is -2.47. The number of amides is 2. The number of hydrogen-bond donors (Lipinski definition) is 0. The van der Waals surface area contributed by atoms with E-state index in [2.05, 4.69) is 6.07 Å². The molecule has 0 radical (unpaired) electrons. The van der Waals surface area contributed by atoms with Crippen LogP contribution in [0.1, 0.15) is 42.1 Å². The van der Waals surface area contributed by atoms with E-state index in [1.165, 1.54) is 18.1 Å². The molecule has 0 spiro atoms. The fourth-order valence-corrected chi connectivity index (χ4v) is 4.58. The largest absolute Gasteiger partial charge is 0.490 e. The van der Waals surface area contributed by atoms with Crippen molar-refractivity contribution in [3.05, 3.63) is 29.3 Å². The van der Waals surface area contributed by atoms with Crippen LogP contribution in [0.3, 0.4) is 0 Å². The van der Waals surface area contributed by atoms with Gasteiger partial charge in [0.15, 0.2) is 0 Å². The van der Waals surface area contributed by atoms with Crippen LogP contribution in [0.5, 0.6) is 5.75 Å². The summed E-state index contributed by atoms with van der Waals surface area (Å²) in [7, 11) is 6.62. The molecule has 0 aromatic heterocycles. The number of ether oxygens (including phenoxy) is 4. The maximum Gasteiger partial charge on any atom is 0.257 e. The molecule has 2 heterocycles. The number of carbonyl (C=O) groups excluding carboxylic acids is 2. The van der Waals surface area contributed by atoms with E-state index in [0.29, 0.717) is 24.3 Å². The smallest absolute Gasteiger partial charge is 0.257 e. The van der Waals surface area contributed by atoms with Crippen molar-refractivity contribution in [3.63, 3.8) is 0 Å². The van der Waals surface area contributed by atoms with Crippen LogP contribution in [-0.2, 0) is 19.0 Å². The van der Waals surface area contributed by atoms with Crippen molar-refractivity contribution in [2.75, 3.05) is 48.0 Å². The second-order valence-electron chi connectivity index (χ2n) is 9.08. The summed E-state index contributed by atoms with van der Waals surface area (Å²) < 4.78 is 23.6. The highest BCUT2D eigenvalue weighted by molar-refractivity contribution is 5.97. The molecule has 9 nitrogen and oxygen atoms in total. The fraction of sp³-hybridized carbons (Fsp3) is 0.640. The van der Waals surface area contributed by atoms with Crippen molar-refractivity contribution in [2.24, 2.45) is 5.92 Å². The minimum Gasteiger partial charge on any atom is -0.490 e. The molecule has 34 heavy (non-hydrogen) atoms. The van der Waals surface area contributed by atoms with Gasteiger partial charge in [-0.15, -0.1) is 0 Å². The van der Waals surface area contributed by atoms with Crippen molar-refractivity contribution in [2.45, 2.75) is 50.6 Å². The molecular weight excluding hydrogens is 438 g/mol. The predicted octanol–water partition coefficient (Wildman–Crippen LogP) is 2.08. The van der Waals surface area contributed by atoms with E-state index in [-0.39, 0.29) is 48.8 Å². The van der Waals surface area contributed by atoms with Crippen molar-refractivity contribution in [1.82, 2.24) is 9.80 Å². The molecule has 2 amide bonds. The lowest BCUT2D eigenvalue weighted by atomic mass is 9.98. The van der Waals surface area contributed by atoms with Crippen LogP contribution >= 0.6 is 0 Å². The number of fused-ring (bicyclic) bond motifs is 3. The zero-order chi connectivity index (χ0) is 24.8. The molecule has 1 aromatic rings. The molecule has 9 heteroatoms. The minimum absolute atomic E-state index is 0.0233. The van der Waals surface area contributed by atoms with Gasteiger partial charge in [-0.2, -0.15) is 5.26 Å². The van der Waals surface area contributed by atoms with Gasteiger partial charge in [-0.25, -0.2) is 0 Å². The molecule has 0 N–H and O–H groups in total. The van der Waals surface area contributed by atoms with Gasteiger partial charge >= 0.3 is 0 Å². The summed E-state index contributed by atoms with van der Waals surface area (Å²) in [4.78, 5) is 29.7. The second kappa shape index (κ2) is 11.6. The zero-order valence-electron chi connectivity index (χ0n) is 20.7. The Kier molecular flexibility index (Phi) is 8.89. The summed E-state index contributed by atoms with van der Waals surface area (Å²) in [5, 5.41) is 9.36. The Bertz CT molecular complexity index is 916. The standard InChI is InChI=1S/C25H35N3O6/c1-16-22(32-5)14-28(3)25(30)19-12-17(13-26)6-8-20(19)33-15-23-21(31-4)9-7-18(34-23)10-11-27(2)24(16)29/h6,8,12,16,18,21-23H,7,9-11,14-15H2,1-5H3/t16-,18+,21+,22-,23-/m0/s1. The molecule has 2 bridgehead atoms. The van der Waals surface area contributed by atoms with Gasteiger partial charge in [0.05, 0.1) is 41.4 Å². The monoisotopic (exact) mass is 473 g/mol. The van der Waals surface area contributed by atoms with E-state index in [1.807, 2.05) is 6.92 Å². The Morgan fingerprint density at radius 3 is 2.47 bits per heavy atom. The van der Waals surface area contributed by atoms with Gasteiger partial charge < -0.3 is 28.7 Å². The Morgan fingerprint density at radius 1 is 1.06 bits per heavy atom. The van der Waals surface area contributed by atoms with Crippen LogP contribution in [0.15, 0.2) is 18.2 Å². The Hall–Kier alpha value is -2.67. The average Bonchev–Trinajstić information content (AvgIpc) is 2.86. The van der Waals surface area contributed by atoms with Crippen LogP contribution in [-0.4, -0.2) is 94.0 Å². The van der Waals surface area contributed by atoms with Crippen LogP contribution in [0.25, 0.3) is 0 Å². The van der Waals surface area contributed by atoms with Crippen LogP contribution in [0, 0.1) is 17.2 Å². The maximum absolute atomic E-state index is 13.4. The first kappa shape index (κ1) is 25.9. The maximum atomic E-state index is 13.4. The first-order valence-electron chi connectivity index (χ1n) is 11.7. The quantitative estimate of drug-likeness (QED) is 0.648. The van der Waals surface area contributed by atoms with E-state index in [0.717, 1.165) is 12.8 Å². The highest BCUT2D eigenvalue weighted by Gasteiger charge is 2.34. The van der Waals surface area contributed by atoms with Gasteiger partial charge in [-0.1, -0.05) is 6.92 Å². The zero-order valence-corrected chi connectivity index (χ0v) is 20.7. The topological polar surface area (TPSA) is 101 Å². The normalized spacial score (nSPS) is 29.2. The SMILES string of the molecule is CO[C@H]1CN(C)C(=O)c2cc(C#N)ccc2OC[C@@H]2O[C@H](CC[C@H]2OC)CCN(C)C(=O)[C@H]1C. The van der Waals surface area contributed by atoms with Gasteiger partial charge in [-0.3, -0.25) is 9.59 Å². The van der Waals surface area contributed by atoms with E-state index in [9.17, 15) is 14.9 Å². The molecule has 5 atom stereocenters. The number of rotatable bonds is 2. The number of carbonyl (C=O) groups is 2. The number of nitrogens with zero attached hydrogens (tertiary/aromatic N) is 3. The van der Waals surface area contributed by atoms with Gasteiger partial charge in [0.25, 0.3) is 5.91 Å². The van der Waals surface area contributed by atoms with E-state index in [4.69, 9.17) is 18.9 Å². The number of likely N-dealkylation sites (N-methyl/N-ethyl adjacent to an activating group) is 1. The molecule has 2 aliphatic heterocycles. The average molecular weight is 474 g/mol. The van der Waals surface area contributed by atoms with Gasteiger partial charge in [0.2, 0.25) is 5.91 Å². The highest BCUT2D eigenvalue weighted by Crippen LogP contribution is 2.28. The van der Waals surface area contributed by atoms with Crippen molar-refractivity contribution in [3.8, 4) is 11.8 Å². The molecule has 1 saturated heterocycles. The Labute approximate surface area is 201 Å². The van der Waals surface area contributed by atoms with Gasteiger partial charge in [0, 0.05) is 41.4 Å². The second-order valence-corrected chi connectivity index (χ2v) is 9.08. The summed E-state index contributed by atoms with van der Waals surface area (Å²) in [6, 6.07) is 6.86. The van der Waals surface area contributed by atoms with Gasteiger partial charge in [0.1, 0.15) is 18.5 Å². The van der Waals surface area contributed by atoms with E-state index < -0.39 is 12.0 Å². The highest BCUT2D eigenvalue weighted by atomic mass is 16.6. The van der Waals surface area contributed by atoms with Crippen LogP contribution in [0.4, 0.5) is 0 Å². The molecule has 1 fully saturated rings. The third-order valence-electron chi connectivity index (χ3n) is 6.81. The fourth-order valence-electron chi connectivity index (χ4n) is 4.58. The molecule has 0 saturated carbocycles. The summed E-state index contributed by atoms with van der Waals surface area (Å²) in [5.41, 5.74) is 0.636. The minimum atomic E-state index is -0.488. The molecule has 186 valence electrons. The first-order chi connectivity index (χ1) is 16.3. The number of methoxy groups -OCH3 is 2. The third-order valence-corrected chi connectivity index (χ3v) is 6.81. The molecule has 1 aromatic carbocycles. The van der Waals surface area contributed by atoms with E-state index in [1.54, 1.807) is 38.2 Å². The van der Waals surface area contributed by atoms with Crippen LogP contribution in [0.2, 0.25) is 0 Å². The summed E-state index contributed by atoms with van der Waals surface area (Å²) in [5.74, 6) is -0.434. The third kappa shape index (κ3) is 5.87. The number of nitriles is 1. The molecule has 2 aliphatic rings. The molecule has 3 rings (SSSR count). The molecule has 0 unspecified atom stereocenters. The molecule has 0 aliphatic carbocycles. The van der Waals surface area contributed by atoms with Crippen molar-refractivity contribution < 1.29 is 28.5 Å². The number of benzene rings is 1. The van der Waals surface area contributed by atoms with E-state index >= 15 is 0 Å². The van der Waals surface area contributed by atoms with Crippen molar-refractivity contribution in [1.29, 1.82) is 5.26 Å². The summed E-state index contributed by atoms with van der Waals surface area (Å²) >= 11 is 0. The predicted molar refractivity (Wildman–Crippen MR) is 125 cm³/mol. The van der Waals surface area contributed by atoms with Crippen molar-refractivity contribution >= 4 is 11.8 Å². The Morgan fingerprint density at radius 2 is 1.79 bits per heavy atom. The molecular formula is C25H35N3O6. The van der Waals surface area contributed by atoms with Crippen LogP contribution < -0.4 is 4.74 Å². The number of hydrogen-bond acceptors (Lipinski definition) is 7. The lowest BCUT2D eigenvalue weighted by Gasteiger charge is -2.37.